The third-order valence-electron chi connectivity index (χ3n) is 4.26. The van der Waals surface area contributed by atoms with Crippen molar-refractivity contribution in [1.29, 1.82) is 0 Å². The molecular formula is C18H22N2. The first-order chi connectivity index (χ1) is 9.78. The van der Waals surface area contributed by atoms with Crippen LogP contribution in [0.3, 0.4) is 0 Å². The molecule has 1 aliphatic rings. The van der Waals surface area contributed by atoms with Gasteiger partial charge in [0, 0.05) is 24.8 Å². The lowest BCUT2D eigenvalue weighted by Crippen LogP contribution is -2.30. The van der Waals surface area contributed by atoms with E-state index >= 15 is 0 Å². The first-order valence-corrected chi connectivity index (χ1v) is 7.45. The van der Waals surface area contributed by atoms with Gasteiger partial charge in [-0.2, -0.15) is 0 Å². The summed E-state index contributed by atoms with van der Waals surface area (Å²) in [6, 6.07) is 17.7. The van der Waals surface area contributed by atoms with Crippen molar-refractivity contribution in [1.82, 2.24) is 0 Å². The van der Waals surface area contributed by atoms with Crippen molar-refractivity contribution in [2.45, 2.75) is 32.4 Å². The Balaban J connectivity index is 1.78. The van der Waals surface area contributed by atoms with Crippen LogP contribution < -0.4 is 10.6 Å². The Kier molecular flexibility index (Phi) is 3.75. The smallest absolute Gasteiger partial charge is 0.0432 e. The summed E-state index contributed by atoms with van der Waals surface area (Å²) in [4.78, 5) is 2.45. The molecule has 1 unspecified atom stereocenters. The Morgan fingerprint density at radius 3 is 2.45 bits per heavy atom. The lowest BCUT2D eigenvalue weighted by Gasteiger charge is -2.31. The molecule has 0 fully saturated rings. The van der Waals surface area contributed by atoms with E-state index in [0.29, 0.717) is 0 Å². The minimum Gasteiger partial charge on any atom is -0.367 e. The zero-order valence-electron chi connectivity index (χ0n) is 12.0. The van der Waals surface area contributed by atoms with E-state index in [0.717, 1.165) is 25.9 Å². The molecular weight excluding hydrogens is 244 g/mol. The van der Waals surface area contributed by atoms with Gasteiger partial charge in [-0.25, -0.2) is 0 Å². The van der Waals surface area contributed by atoms with Crippen molar-refractivity contribution in [3.63, 3.8) is 0 Å². The molecule has 1 heterocycles. The predicted octanol–water partition coefficient (Wildman–Crippen LogP) is 3.66. The average Bonchev–Trinajstić information content (AvgIpc) is 2.54. The second kappa shape index (κ2) is 5.68. The Hall–Kier alpha value is -1.80. The van der Waals surface area contributed by atoms with Gasteiger partial charge in [0.25, 0.3) is 0 Å². The molecule has 1 atom stereocenters. The van der Waals surface area contributed by atoms with E-state index in [4.69, 9.17) is 5.73 Å². The molecule has 2 aromatic rings. The van der Waals surface area contributed by atoms with E-state index in [1.807, 2.05) is 0 Å². The Labute approximate surface area is 121 Å². The normalized spacial score (nSPS) is 15.8. The van der Waals surface area contributed by atoms with Crippen LogP contribution in [-0.2, 0) is 13.0 Å². The summed E-state index contributed by atoms with van der Waals surface area (Å²) in [7, 11) is 0. The summed E-state index contributed by atoms with van der Waals surface area (Å²) >= 11 is 0. The van der Waals surface area contributed by atoms with E-state index < -0.39 is 0 Å². The summed E-state index contributed by atoms with van der Waals surface area (Å²) < 4.78 is 0. The van der Waals surface area contributed by atoms with Gasteiger partial charge in [0.1, 0.15) is 0 Å². The topological polar surface area (TPSA) is 29.3 Å². The summed E-state index contributed by atoms with van der Waals surface area (Å²) in [6.07, 6.45) is 2.11. The van der Waals surface area contributed by atoms with Gasteiger partial charge < -0.3 is 10.6 Å². The summed E-state index contributed by atoms with van der Waals surface area (Å²) in [5.74, 6) is 0. The maximum absolute atomic E-state index is 6.07. The molecule has 0 amide bonds. The predicted molar refractivity (Wildman–Crippen MR) is 84.9 cm³/mol. The molecule has 2 aromatic carbocycles. The van der Waals surface area contributed by atoms with Crippen molar-refractivity contribution in [3.8, 4) is 0 Å². The number of rotatable bonds is 3. The molecule has 0 saturated carbocycles. The van der Waals surface area contributed by atoms with Gasteiger partial charge in [0.2, 0.25) is 0 Å². The van der Waals surface area contributed by atoms with E-state index in [1.165, 1.54) is 22.4 Å². The second-order valence-electron chi connectivity index (χ2n) is 5.55. The van der Waals surface area contributed by atoms with Crippen LogP contribution in [0.5, 0.6) is 0 Å². The first kappa shape index (κ1) is 13.2. The molecule has 0 aromatic heterocycles. The van der Waals surface area contributed by atoms with Crippen molar-refractivity contribution < 1.29 is 0 Å². The highest BCUT2D eigenvalue weighted by Crippen LogP contribution is 2.25. The quantitative estimate of drug-likeness (QED) is 0.918. The lowest BCUT2D eigenvalue weighted by molar-refractivity contribution is 0.697. The molecule has 104 valence electrons. The van der Waals surface area contributed by atoms with Crippen molar-refractivity contribution in [2.24, 2.45) is 5.73 Å². The molecule has 3 rings (SSSR count). The van der Waals surface area contributed by atoms with Crippen LogP contribution >= 0.6 is 0 Å². The maximum atomic E-state index is 6.07. The zero-order chi connectivity index (χ0) is 13.9. The van der Waals surface area contributed by atoms with Crippen LogP contribution in [0.15, 0.2) is 48.5 Å². The number of hydrogen-bond donors (Lipinski definition) is 1. The summed E-state index contributed by atoms with van der Waals surface area (Å²) in [6.45, 7) is 4.23. The van der Waals surface area contributed by atoms with Crippen LogP contribution in [0.2, 0.25) is 0 Å². The molecule has 0 saturated heterocycles. The molecule has 2 heteroatoms. The fraction of sp³-hybridized carbons (Fsp3) is 0.333. The van der Waals surface area contributed by atoms with Gasteiger partial charge in [-0.15, -0.1) is 0 Å². The summed E-state index contributed by atoms with van der Waals surface area (Å²) in [5, 5.41) is 0. The second-order valence-corrected chi connectivity index (χ2v) is 5.55. The average molecular weight is 266 g/mol. The van der Waals surface area contributed by atoms with Crippen molar-refractivity contribution in [3.05, 3.63) is 65.2 Å². The fourth-order valence-electron chi connectivity index (χ4n) is 2.88. The largest absolute Gasteiger partial charge is 0.367 e. The van der Waals surface area contributed by atoms with Gasteiger partial charge in [-0.3, -0.25) is 0 Å². The lowest BCUT2D eigenvalue weighted by atomic mass is 9.99. The van der Waals surface area contributed by atoms with E-state index in [-0.39, 0.29) is 6.04 Å². The number of fused-ring (bicyclic) bond motifs is 1. The van der Waals surface area contributed by atoms with Crippen LogP contribution in [-0.4, -0.2) is 6.54 Å². The molecule has 0 spiro atoms. The molecule has 0 radical (unpaired) electrons. The number of anilines is 1. The first-order valence-electron chi connectivity index (χ1n) is 7.45. The number of hydrogen-bond acceptors (Lipinski definition) is 2. The van der Waals surface area contributed by atoms with Gasteiger partial charge in [0.05, 0.1) is 0 Å². The third kappa shape index (κ3) is 2.56. The highest BCUT2D eigenvalue weighted by molar-refractivity contribution is 5.50. The SMILES string of the molecule is CCC(N)c1ccc(N2CCc3ccccc3C2)cc1. The number of nitrogens with zero attached hydrogens (tertiary/aromatic N) is 1. The number of benzene rings is 2. The van der Waals surface area contributed by atoms with Crippen LogP contribution in [0.25, 0.3) is 0 Å². The van der Waals surface area contributed by atoms with Gasteiger partial charge in [0.15, 0.2) is 0 Å². The zero-order valence-corrected chi connectivity index (χ0v) is 12.0. The van der Waals surface area contributed by atoms with Crippen LogP contribution in [0.4, 0.5) is 5.69 Å². The Bertz CT molecular complexity index is 574. The van der Waals surface area contributed by atoms with E-state index in [2.05, 4.69) is 60.4 Å². The van der Waals surface area contributed by atoms with Gasteiger partial charge in [-0.1, -0.05) is 43.3 Å². The molecule has 2 N–H and O–H groups in total. The van der Waals surface area contributed by atoms with Crippen molar-refractivity contribution in [2.75, 3.05) is 11.4 Å². The fourth-order valence-corrected chi connectivity index (χ4v) is 2.88. The molecule has 20 heavy (non-hydrogen) atoms. The van der Waals surface area contributed by atoms with Crippen LogP contribution in [0, 0.1) is 0 Å². The summed E-state index contributed by atoms with van der Waals surface area (Å²) in [5.41, 5.74) is 11.5. The van der Waals surface area contributed by atoms with Gasteiger partial charge in [-0.05, 0) is 41.7 Å². The van der Waals surface area contributed by atoms with Crippen molar-refractivity contribution >= 4 is 5.69 Å². The third-order valence-corrected chi connectivity index (χ3v) is 4.26. The molecule has 2 nitrogen and oxygen atoms in total. The Morgan fingerprint density at radius 2 is 1.75 bits per heavy atom. The molecule has 0 bridgehead atoms. The monoisotopic (exact) mass is 266 g/mol. The highest BCUT2D eigenvalue weighted by Gasteiger charge is 2.16. The Morgan fingerprint density at radius 1 is 1.05 bits per heavy atom. The van der Waals surface area contributed by atoms with E-state index in [1.54, 1.807) is 0 Å². The molecule has 1 aliphatic heterocycles. The highest BCUT2D eigenvalue weighted by atomic mass is 15.1. The maximum Gasteiger partial charge on any atom is 0.0432 e. The van der Waals surface area contributed by atoms with E-state index in [9.17, 15) is 0 Å². The molecule has 0 aliphatic carbocycles. The standard InChI is InChI=1S/C18H22N2/c1-2-18(19)15-7-9-17(10-8-15)20-12-11-14-5-3-4-6-16(14)13-20/h3-10,18H,2,11-13,19H2,1H3. The minimum absolute atomic E-state index is 0.158. The van der Waals surface area contributed by atoms with Gasteiger partial charge >= 0.3 is 0 Å². The van der Waals surface area contributed by atoms with Crippen LogP contribution in [0.1, 0.15) is 36.1 Å². The number of nitrogens with two attached hydrogens (primary N) is 1. The minimum atomic E-state index is 0.158.